The van der Waals surface area contributed by atoms with Crippen LogP contribution in [0.2, 0.25) is 0 Å². The van der Waals surface area contributed by atoms with Gasteiger partial charge in [0.15, 0.2) is 5.78 Å². The first-order valence-corrected chi connectivity index (χ1v) is 10.4. The molecule has 2 aromatic carbocycles. The Hall–Kier alpha value is -3.06. The Balaban J connectivity index is 1.93. The van der Waals surface area contributed by atoms with Crippen LogP contribution < -0.4 is 0 Å². The van der Waals surface area contributed by atoms with Crippen LogP contribution in [0.25, 0.3) is 11.3 Å². The van der Waals surface area contributed by atoms with Gasteiger partial charge in [0, 0.05) is 17.5 Å². The Morgan fingerprint density at radius 3 is 2.57 bits per heavy atom. The molecule has 0 aliphatic heterocycles. The summed E-state index contributed by atoms with van der Waals surface area (Å²) in [7, 11) is -3.85. The summed E-state index contributed by atoms with van der Waals surface area (Å²) in [6.07, 6.45) is 4.98. The Kier molecular flexibility index (Phi) is 5.84. The molecule has 3 rings (SSSR count). The van der Waals surface area contributed by atoms with Gasteiger partial charge in [-0.25, -0.2) is 0 Å². The summed E-state index contributed by atoms with van der Waals surface area (Å²) < 4.78 is 26.4. The van der Waals surface area contributed by atoms with Crippen molar-refractivity contribution in [1.29, 1.82) is 0 Å². The Labute approximate surface area is 164 Å². The minimum atomic E-state index is -3.85. The van der Waals surface area contributed by atoms with Crippen LogP contribution in [0.3, 0.4) is 0 Å². The SMILES string of the molecule is C=CCCCC(=O)c1ccccc1-c1cn(S(=O)(=O)c2ccc(C)cc2)nn1. The minimum absolute atomic E-state index is 0.0200. The normalized spacial score (nSPS) is 11.3. The molecule has 144 valence electrons. The number of hydrogen-bond donors (Lipinski definition) is 0. The quantitative estimate of drug-likeness (QED) is 0.327. The molecule has 1 aromatic heterocycles. The number of allylic oxidation sites excluding steroid dienone is 1. The zero-order valence-electron chi connectivity index (χ0n) is 15.6. The monoisotopic (exact) mass is 395 g/mol. The van der Waals surface area contributed by atoms with Gasteiger partial charge in [0.25, 0.3) is 10.0 Å². The van der Waals surface area contributed by atoms with Crippen molar-refractivity contribution in [3.63, 3.8) is 0 Å². The van der Waals surface area contributed by atoms with Gasteiger partial charge in [-0.05, 0) is 31.9 Å². The second kappa shape index (κ2) is 8.31. The van der Waals surface area contributed by atoms with Crippen LogP contribution in [0.1, 0.15) is 35.2 Å². The van der Waals surface area contributed by atoms with E-state index in [1.165, 1.54) is 18.3 Å². The average molecular weight is 395 g/mol. The molecular formula is C21H21N3O3S. The van der Waals surface area contributed by atoms with E-state index in [0.29, 0.717) is 29.7 Å². The summed E-state index contributed by atoms with van der Waals surface area (Å²) >= 11 is 0. The van der Waals surface area contributed by atoms with E-state index < -0.39 is 10.0 Å². The lowest BCUT2D eigenvalue weighted by molar-refractivity contribution is 0.0981. The highest BCUT2D eigenvalue weighted by atomic mass is 32.2. The van der Waals surface area contributed by atoms with Crippen LogP contribution in [-0.4, -0.2) is 28.6 Å². The van der Waals surface area contributed by atoms with Crippen molar-refractivity contribution in [3.8, 4) is 11.3 Å². The lowest BCUT2D eigenvalue weighted by atomic mass is 9.98. The molecule has 3 aromatic rings. The van der Waals surface area contributed by atoms with E-state index in [1.807, 2.05) is 6.92 Å². The molecule has 0 bridgehead atoms. The van der Waals surface area contributed by atoms with Gasteiger partial charge in [-0.1, -0.05) is 53.3 Å². The maximum Gasteiger partial charge on any atom is 0.284 e. The summed E-state index contributed by atoms with van der Waals surface area (Å²) in [5.41, 5.74) is 2.37. The van der Waals surface area contributed by atoms with Crippen molar-refractivity contribution >= 4 is 15.8 Å². The van der Waals surface area contributed by atoms with Gasteiger partial charge in [-0.2, -0.15) is 8.42 Å². The zero-order chi connectivity index (χ0) is 20.1. The van der Waals surface area contributed by atoms with Crippen LogP contribution in [0.5, 0.6) is 0 Å². The number of benzene rings is 2. The van der Waals surface area contributed by atoms with Crippen molar-refractivity contribution < 1.29 is 13.2 Å². The largest absolute Gasteiger partial charge is 0.294 e. The number of rotatable bonds is 8. The number of hydrogen-bond acceptors (Lipinski definition) is 5. The third-order valence-electron chi connectivity index (χ3n) is 4.35. The van der Waals surface area contributed by atoms with Crippen molar-refractivity contribution in [1.82, 2.24) is 14.4 Å². The fourth-order valence-electron chi connectivity index (χ4n) is 2.80. The van der Waals surface area contributed by atoms with Gasteiger partial charge in [0.2, 0.25) is 0 Å². The summed E-state index contributed by atoms with van der Waals surface area (Å²) in [4.78, 5) is 12.7. The van der Waals surface area contributed by atoms with Gasteiger partial charge in [-0.3, -0.25) is 4.79 Å². The summed E-state index contributed by atoms with van der Waals surface area (Å²) in [5, 5.41) is 7.79. The number of ketones is 1. The molecule has 0 fully saturated rings. The van der Waals surface area contributed by atoms with E-state index >= 15 is 0 Å². The fraction of sp³-hybridized carbons (Fsp3) is 0.190. The molecule has 6 nitrogen and oxygen atoms in total. The lowest BCUT2D eigenvalue weighted by Gasteiger charge is -2.06. The second-order valence-electron chi connectivity index (χ2n) is 6.44. The van der Waals surface area contributed by atoms with Gasteiger partial charge >= 0.3 is 0 Å². The Bertz CT molecular complexity index is 1100. The van der Waals surface area contributed by atoms with Gasteiger partial charge in [-0.15, -0.1) is 15.8 Å². The standard InChI is InChI=1S/C21H21N3O3S/c1-3-4-5-10-21(25)19-9-7-6-8-18(19)20-15-24(23-22-20)28(26,27)17-13-11-16(2)12-14-17/h3,6-9,11-15H,1,4-5,10H2,2H3. The number of carbonyl (C=O) groups excluding carboxylic acids is 1. The predicted octanol–water partition coefficient (Wildman–Crippen LogP) is 4.03. The number of unbranched alkanes of at least 4 members (excludes halogenated alkanes) is 1. The molecule has 0 unspecified atom stereocenters. The van der Waals surface area contributed by atoms with Crippen molar-refractivity contribution in [2.24, 2.45) is 0 Å². The van der Waals surface area contributed by atoms with Crippen molar-refractivity contribution in [2.75, 3.05) is 0 Å². The average Bonchev–Trinajstić information content (AvgIpc) is 3.19. The van der Waals surface area contributed by atoms with Crippen molar-refractivity contribution in [3.05, 3.63) is 78.5 Å². The van der Waals surface area contributed by atoms with Crippen molar-refractivity contribution in [2.45, 2.75) is 31.1 Å². The third-order valence-corrected chi connectivity index (χ3v) is 5.89. The number of aryl methyl sites for hydroxylation is 1. The van der Waals surface area contributed by atoms with Gasteiger partial charge in [0.1, 0.15) is 5.69 Å². The molecule has 7 heteroatoms. The number of nitrogens with zero attached hydrogens (tertiary/aromatic N) is 3. The molecule has 0 amide bonds. The molecule has 28 heavy (non-hydrogen) atoms. The molecule has 0 atom stereocenters. The Morgan fingerprint density at radius 1 is 1.14 bits per heavy atom. The van der Waals surface area contributed by atoms with E-state index in [2.05, 4.69) is 16.9 Å². The number of carbonyl (C=O) groups is 1. The van der Waals surface area contributed by atoms with E-state index in [4.69, 9.17) is 0 Å². The highest BCUT2D eigenvalue weighted by Gasteiger charge is 2.21. The topological polar surface area (TPSA) is 81.9 Å². The third kappa shape index (κ3) is 4.09. The van der Waals surface area contributed by atoms with Crippen LogP contribution in [0.4, 0.5) is 0 Å². The van der Waals surface area contributed by atoms with Gasteiger partial charge in [0.05, 0.1) is 11.1 Å². The zero-order valence-corrected chi connectivity index (χ0v) is 16.4. The minimum Gasteiger partial charge on any atom is -0.294 e. The van der Waals surface area contributed by atoms with Crippen LogP contribution >= 0.6 is 0 Å². The molecule has 0 saturated carbocycles. The smallest absolute Gasteiger partial charge is 0.284 e. The molecule has 0 radical (unpaired) electrons. The van der Waals surface area contributed by atoms with Crippen LogP contribution in [0.15, 0.2) is 72.3 Å². The Morgan fingerprint density at radius 2 is 1.86 bits per heavy atom. The summed E-state index contributed by atoms with van der Waals surface area (Å²) in [6, 6.07) is 13.5. The lowest BCUT2D eigenvalue weighted by Crippen LogP contribution is -2.13. The number of aromatic nitrogens is 3. The molecule has 0 N–H and O–H groups in total. The second-order valence-corrected chi connectivity index (χ2v) is 8.24. The van der Waals surface area contributed by atoms with E-state index in [1.54, 1.807) is 42.5 Å². The molecule has 0 saturated heterocycles. The summed E-state index contributed by atoms with van der Waals surface area (Å²) in [6.45, 7) is 5.54. The molecule has 0 aliphatic carbocycles. The fourth-order valence-corrected chi connectivity index (χ4v) is 3.87. The first kappa shape index (κ1) is 19.7. The molecule has 0 spiro atoms. The first-order valence-electron chi connectivity index (χ1n) is 8.91. The maximum absolute atomic E-state index is 12.8. The van der Waals surface area contributed by atoms with E-state index in [9.17, 15) is 13.2 Å². The summed E-state index contributed by atoms with van der Waals surface area (Å²) in [5.74, 6) is -0.0200. The van der Waals surface area contributed by atoms with Crippen LogP contribution in [-0.2, 0) is 10.0 Å². The maximum atomic E-state index is 12.8. The van der Waals surface area contributed by atoms with Gasteiger partial charge < -0.3 is 0 Å². The van der Waals surface area contributed by atoms with E-state index in [-0.39, 0.29) is 10.7 Å². The molecule has 1 heterocycles. The highest BCUT2D eigenvalue weighted by molar-refractivity contribution is 7.89. The molecule has 0 aliphatic rings. The first-order chi connectivity index (χ1) is 13.4. The predicted molar refractivity (Wildman–Crippen MR) is 108 cm³/mol. The van der Waals surface area contributed by atoms with Crippen LogP contribution in [0, 0.1) is 6.92 Å². The number of Topliss-reactive ketones (excluding diaryl/α,β-unsaturated/α-hetero) is 1. The van der Waals surface area contributed by atoms with E-state index in [0.717, 1.165) is 16.1 Å². The molecular weight excluding hydrogens is 374 g/mol. The highest BCUT2D eigenvalue weighted by Crippen LogP contribution is 2.24.